The van der Waals surface area contributed by atoms with Crippen molar-refractivity contribution in [3.63, 3.8) is 0 Å². The molecule has 80 valence electrons. The first-order chi connectivity index (χ1) is 7.04. The van der Waals surface area contributed by atoms with E-state index in [1.165, 1.54) is 4.57 Å². The zero-order chi connectivity index (χ0) is 11.1. The Labute approximate surface area is 87.1 Å². The van der Waals surface area contributed by atoms with Crippen LogP contribution in [-0.4, -0.2) is 13.0 Å². The standard InChI is InChI=1S/C9H9FN2O2S/c10-15(13,14)9-5-7(6-11)8-3-1-2-4-12(8)9/h5H,1-4H2. The molecule has 2 heterocycles. The maximum absolute atomic E-state index is 12.9. The number of hydrogen-bond acceptors (Lipinski definition) is 3. The largest absolute Gasteiger partial charge is 0.347 e. The van der Waals surface area contributed by atoms with Crippen LogP contribution in [-0.2, 0) is 23.2 Å². The average molecular weight is 228 g/mol. The molecule has 0 fully saturated rings. The first-order valence-corrected chi connectivity index (χ1v) is 5.99. The van der Waals surface area contributed by atoms with E-state index in [4.69, 9.17) is 5.26 Å². The summed E-state index contributed by atoms with van der Waals surface area (Å²) in [4.78, 5) is 0. The fourth-order valence-electron chi connectivity index (χ4n) is 1.94. The van der Waals surface area contributed by atoms with Gasteiger partial charge in [-0.2, -0.15) is 13.7 Å². The molecule has 0 saturated carbocycles. The van der Waals surface area contributed by atoms with E-state index in [1.54, 1.807) is 0 Å². The molecule has 0 amide bonds. The Morgan fingerprint density at radius 3 is 2.80 bits per heavy atom. The van der Waals surface area contributed by atoms with Crippen molar-refractivity contribution in [2.45, 2.75) is 30.8 Å². The molecule has 2 rings (SSSR count). The monoisotopic (exact) mass is 228 g/mol. The van der Waals surface area contributed by atoms with E-state index in [2.05, 4.69) is 0 Å². The van der Waals surface area contributed by atoms with Gasteiger partial charge in [0.15, 0.2) is 5.03 Å². The average Bonchev–Trinajstić information content (AvgIpc) is 2.55. The van der Waals surface area contributed by atoms with Crippen LogP contribution >= 0.6 is 0 Å². The molecule has 0 aliphatic carbocycles. The van der Waals surface area contributed by atoms with Gasteiger partial charge >= 0.3 is 10.2 Å². The predicted molar refractivity (Wildman–Crippen MR) is 50.4 cm³/mol. The van der Waals surface area contributed by atoms with Gasteiger partial charge in [-0.25, -0.2) is 0 Å². The number of rotatable bonds is 1. The molecule has 0 N–H and O–H groups in total. The van der Waals surface area contributed by atoms with E-state index >= 15 is 0 Å². The number of hydrogen-bond donors (Lipinski definition) is 0. The van der Waals surface area contributed by atoms with Crippen LogP contribution in [0.4, 0.5) is 3.89 Å². The van der Waals surface area contributed by atoms with Crippen molar-refractivity contribution in [1.82, 2.24) is 4.57 Å². The van der Waals surface area contributed by atoms with Gasteiger partial charge in [0.1, 0.15) is 6.07 Å². The third-order valence-electron chi connectivity index (χ3n) is 2.59. The number of fused-ring (bicyclic) bond motifs is 1. The molecule has 1 aliphatic heterocycles. The highest BCUT2D eigenvalue weighted by Crippen LogP contribution is 2.26. The second-order valence-corrected chi connectivity index (χ2v) is 4.80. The molecule has 15 heavy (non-hydrogen) atoms. The second-order valence-electron chi connectivity index (χ2n) is 3.50. The SMILES string of the molecule is N#Cc1cc(S(=O)(=O)F)n2c1CCCC2. The van der Waals surface area contributed by atoms with Gasteiger partial charge in [-0.3, -0.25) is 0 Å². The van der Waals surface area contributed by atoms with Gasteiger partial charge in [0.2, 0.25) is 0 Å². The van der Waals surface area contributed by atoms with E-state index in [9.17, 15) is 12.3 Å². The van der Waals surface area contributed by atoms with E-state index in [1.807, 2.05) is 6.07 Å². The highest BCUT2D eigenvalue weighted by atomic mass is 32.3. The van der Waals surface area contributed by atoms with Crippen LogP contribution in [0.1, 0.15) is 24.1 Å². The van der Waals surface area contributed by atoms with Gasteiger partial charge in [-0.15, -0.1) is 0 Å². The molecule has 0 radical (unpaired) electrons. The summed E-state index contributed by atoms with van der Waals surface area (Å²) < 4.78 is 36.0. The molecular weight excluding hydrogens is 219 g/mol. The minimum Gasteiger partial charge on any atom is -0.332 e. The van der Waals surface area contributed by atoms with Crippen LogP contribution in [0.25, 0.3) is 0 Å². The molecule has 0 aromatic carbocycles. The number of nitrogens with zero attached hydrogens (tertiary/aromatic N) is 2. The summed E-state index contributed by atoms with van der Waals surface area (Å²) in [6.07, 6.45) is 2.36. The lowest BCUT2D eigenvalue weighted by Gasteiger charge is -2.16. The quantitative estimate of drug-likeness (QED) is 0.682. The summed E-state index contributed by atoms with van der Waals surface area (Å²) in [5.74, 6) is 0. The summed E-state index contributed by atoms with van der Waals surface area (Å²) in [6, 6.07) is 3.02. The molecule has 0 bridgehead atoms. The third-order valence-corrected chi connectivity index (χ3v) is 3.42. The topological polar surface area (TPSA) is 62.9 Å². The van der Waals surface area contributed by atoms with Crippen LogP contribution < -0.4 is 0 Å². The molecule has 0 atom stereocenters. The van der Waals surface area contributed by atoms with E-state index in [0.717, 1.165) is 18.9 Å². The summed E-state index contributed by atoms with van der Waals surface area (Å²) in [7, 11) is -4.72. The van der Waals surface area contributed by atoms with Gasteiger partial charge < -0.3 is 4.57 Å². The molecule has 0 spiro atoms. The van der Waals surface area contributed by atoms with Gasteiger partial charge in [0, 0.05) is 12.2 Å². The minimum atomic E-state index is -4.72. The van der Waals surface area contributed by atoms with Crippen molar-refractivity contribution in [3.05, 3.63) is 17.3 Å². The molecule has 1 aromatic heterocycles. The Morgan fingerprint density at radius 1 is 1.47 bits per heavy atom. The summed E-state index contributed by atoms with van der Waals surface area (Å²) in [5, 5.41) is 8.41. The fourth-order valence-corrected chi connectivity index (χ4v) is 2.66. The number of aromatic nitrogens is 1. The molecule has 0 saturated heterocycles. The zero-order valence-corrected chi connectivity index (χ0v) is 8.72. The molecule has 0 unspecified atom stereocenters. The highest BCUT2D eigenvalue weighted by Gasteiger charge is 2.25. The van der Waals surface area contributed by atoms with Crippen LogP contribution in [0.15, 0.2) is 11.1 Å². The lowest BCUT2D eigenvalue weighted by atomic mass is 10.1. The van der Waals surface area contributed by atoms with Crippen molar-refractivity contribution in [2.24, 2.45) is 0 Å². The summed E-state index contributed by atoms with van der Waals surface area (Å²) >= 11 is 0. The van der Waals surface area contributed by atoms with Gasteiger partial charge in [-0.05, 0) is 25.3 Å². The second kappa shape index (κ2) is 3.35. The third kappa shape index (κ3) is 1.63. The summed E-state index contributed by atoms with van der Waals surface area (Å²) in [6.45, 7) is 0.468. The lowest BCUT2D eigenvalue weighted by molar-refractivity contribution is 0.482. The van der Waals surface area contributed by atoms with Crippen molar-refractivity contribution in [3.8, 4) is 6.07 Å². The Kier molecular flexibility index (Phi) is 2.27. The van der Waals surface area contributed by atoms with Crippen LogP contribution in [0, 0.1) is 11.3 Å². The Hall–Kier alpha value is -1.35. The zero-order valence-electron chi connectivity index (χ0n) is 7.90. The number of halogens is 1. The first-order valence-electron chi connectivity index (χ1n) is 4.61. The van der Waals surface area contributed by atoms with E-state index in [0.29, 0.717) is 18.7 Å². The maximum atomic E-state index is 12.9. The Balaban J connectivity index is 2.69. The van der Waals surface area contributed by atoms with E-state index in [-0.39, 0.29) is 10.6 Å². The minimum absolute atomic E-state index is 0.269. The van der Waals surface area contributed by atoms with Crippen LogP contribution in [0.5, 0.6) is 0 Å². The Morgan fingerprint density at radius 2 is 2.20 bits per heavy atom. The molecule has 1 aliphatic rings. The Bertz CT molecular complexity index is 539. The molecule has 6 heteroatoms. The van der Waals surface area contributed by atoms with Gasteiger partial charge in [0.25, 0.3) is 0 Å². The summed E-state index contributed by atoms with van der Waals surface area (Å²) in [5.41, 5.74) is 0.908. The smallest absolute Gasteiger partial charge is 0.332 e. The molecular formula is C9H9FN2O2S. The predicted octanol–water partition coefficient (Wildman–Crippen LogP) is 1.35. The molecule has 4 nitrogen and oxygen atoms in total. The van der Waals surface area contributed by atoms with Gasteiger partial charge in [-0.1, -0.05) is 3.89 Å². The van der Waals surface area contributed by atoms with Crippen molar-refractivity contribution in [2.75, 3.05) is 0 Å². The number of nitriles is 1. The lowest BCUT2D eigenvalue weighted by Crippen LogP contribution is -2.14. The molecule has 1 aromatic rings. The van der Waals surface area contributed by atoms with E-state index < -0.39 is 10.2 Å². The van der Waals surface area contributed by atoms with Gasteiger partial charge in [0.05, 0.1) is 5.56 Å². The highest BCUT2D eigenvalue weighted by molar-refractivity contribution is 7.86. The first kappa shape index (κ1) is 10.2. The van der Waals surface area contributed by atoms with Crippen LogP contribution in [0.3, 0.4) is 0 Å². The van der Waals surface area contributed by atoms with Crippen molar-refractivity contribution >= 4 is 10.2 Å². The van der Waals surface area contributed by atoms with Crippen molar-refractivity contribution in [1.29, 1.82) is 5.26 Å². The van der Waals surface area contributed by atoms with Crippen molar-refractivity contribution < 1.29 is 12.3 Å². The maximum Gasteiger partial charge on any atom is 0.347 e. The van der Waals surface area contributed by atoms with Crippen LogP contribution in [0.2, 0.25) is 0 Å². The normalized spacial score (nSPS) is 15.7. The fraction of sp³-hybridized carbons (Fsp3) is 0.444.